The van der Waals surface area contributed by atoms with E-state index in [4.69, 9.17) is 0 Å². The lowest BCUT2D eigenvalue weighted by atomic mass is 9.71. The number of thiophene rings is 1. The predicted molar refractivity (Wildman–Crippen MR) is 84.9 cm³/mol. The number of nitrogens with one attached hydrogen (secondary N) is 1. The molecule has 0 atom stereocenters. The SMILES string of the molecule is COC(=O)c1c(NC(=O)C2(F)C(F)(F)C(F)(F)C(F)(F)C(F)(F)C2(F)F)sc2c1CCC2. The summed E-state index contributed by atoms with van der Waals surface area (Å²) in [6, 6.07) is 0. The van der Waals surface area contributed by atoms with E-state index in [-0.39, 0.29) is 23.3 Å². The predicted octanol–water partition coefficient (Wildman–Crippen LogP) is 4.86. The summed E-state index contributed by atoms with van der Waals surface area (Å²) in [7, 11) is 0.816. The number of carbonyl (C=O) groups is 2. The lowest BCUT2D eigenvalue weighted by Crippen LogP contribution is -2.86. The quantitative estimate of drug-likeness (QED) is 0.472. The summed E-state index contributed by atoms with van der Waals surface area (Å²) in [4.78, 5) is 24.3. The fourth-order valence-corrected chi connectivity index (χ4v) is 4.78. The molecule has 0 bridgehead atoms. The lowest BCUT2D eigenvalue weighted by Gasteiger charge is -2.51. The van der Waals surface area contributed by atoms with Crippen molar-refractivity contribution in [3.05, 3.63) is 16.0 Å². The maximum Gasteiger partial charge on any atom is 0.384 e. The van der Waals surface area contributed by atoms with Crippen LogP contribution in [0.1, 0.15) is 27.2 Å². The second-order valence-electron chi connectivity index (χ2n) is 7.04. The molecule has 0 saturated heterocycles. The summed E-state index contributed by atoms with van der Waals surface area (Å²) < 4.78 is 156. The van der Waals surface area contributed by atoms with Crippen LogP contribution < -0.4 is 5.32 Å². The standard InChI is InChI=1S/C16H10F11NO3S/c1-31-9(29)7-5-3-2-4-6(5)32-8(7)28-10(30)11(17)12(18,19)14(22,23)16(26,27)15(24,25)13(11,20)21/h2-4H2,1H3,(H,28,30). The highest BCUT2D eigenvalue weighted by Gasteiger charge is 3.02. The molecule has 3 rings (SSSR count). The fourth-order valence-electron chi connectivity index (χ4n) is 3.51. The van der Waals surface area contributed by atoms with Crippen LogP contribution in [0.4, 0.5) is 53.3 Å². The van der Waals surface area contributed by atoms with Crippen molar-refractivity contribution in [2.75, 3.05) is 12.4 Å². The van der Waals surface area contributed by atoms with E-state index in [0.717, 1.165) is 12.4 Å². The number of fused-ring (bicyclic) bond motifs is 1. The molecule has 0 aromatic carbocycles. The number of esters is 1. The summed E-state index contributed by atoms with van der Waals surface area (Å²) in [5.74, 6) is -41.6. The third-order valence-electron chi connectivity index (χ3n) is 5.29. The number of carbonyl (C=O) groups excluding carboxylic acids is 2. The van der Waals surface area contributed by atoms with Crippen LogP contribution in [0.3, 0.4) is 0 Å². The van der Waals surface area contributed by atoms with Crippen LogP contribution in [-0.2, 0) is 22.4 Å². The summed E-state index contributed by atoms with van der Waals surface area (Å²) in [6.45, 7) is 0. The van der Waals surface area contributed by atoms with Gasteiger partial charge in [-0.15, -0.1) is 11.3 Å². The molecule has 1 heterocycles. The first-order valence-electron chi connectivity index (χ1n) is 8.46. The van der Waals surface area contributed by atoms with Crippen LogP contribution in [0.5, 0.6) is 0 Å². The van der Waals surface area contributed by atoms with E-state index in [2.05, 4.69) is 4.74 Å². The second-order valence-corrected chi connectivity index (χ2v) is 8.14. The van der Waals surface area contributed by atoms with Crippen LogP contribution in [0, 0.1) is 0 Å². The maximum atomic E-state index is 14.8. The van der Waals surface area contributed by atoms with Crippen LogP contribution in [0.15, 0.2) is 0 Å². The molecule has 0 spiro atoms. The second kappa shape index (κ2) is 6.70. The van der Waals surface area contributed by atoms with Gasteiger partial charge in [0.2, 0.25) is 0 Å². The number of aryl methyl sites for hydroxylation is 1. The molecule has 2 aliphatic rings. The number of anilines is 1. The minimum absolute atomic E-state index is 0.140. The minimum Gasteiger partial charge on any atom is -0.465 e. The zero-order valence-corrected chi connectivity index (χ0v) is 16.2. The van der Waals surface area contributed by atoms with Gasteiger partial charge >= 0.3 is 41.3 Å². The van der Waals surface area contributed by atoms with Gasteiger partial charge in [0.05, 0.1) is 12.7 Å². The third-order valence-corrected chi connectivity index (χ3v) is 6.50. The molecule has 32 heavy (non-hydrogen) atoms. The summed E-state index contributed by atoms with van der Waals surface area (Å²) >= 11 is 0.371. The average Bonchev–Trinajstić information content (AvgIpc) is 3.25. The molecule has 16 heteroatoms. The number of halogens is 11. The zero-order chi connectivity index (χ0) is 24.7. The van der Waals surface area contributed by atoms with Crippen molar-refractivity contribution in [1.29, 1.82) is 0 Å². The molecular weight excluding hydrogens is 495 g/mol. The Labute approximate surface area is 174 Å². The van der Waals surface area contributed by atoms with Gasteiger partial charge in [0.15, 0.2) is 0 Å². The molecule has 1 fully saturated rings. The van der Waals surface area contributed by atoms with Crippen LogP contribution in [0.25, 0.3) is 0 Å². The fraction of sp³-hybridized carbons (Fsp3) is 0.625. The van der Waals surface area contributed by atoms with Crippen molar-refractivity contribution in [1.82, 2.24) is 0 Å². The summed E-state index contributed by atoms with van der Waals surface area (Å²) in [6.07, 6.45) is 0.826. The maximum absolute atomic E-state index is 14.8. The monoisotopic (exact) mass is 505 g/mol. The van der Waals surface area contributed by atoms with Crippen molar-refractivity contribution in [3.8, 4) is 0 Å². The summed E-state index contributed by atoms with van der Waals surface area (Å²) in [5.41, 5.74) is -7.31. The molecule has 1 saturated carbocycles. The van der Waals surface area contributed by atoms with Crippen molar-refractivity contribution in [2.24, 2.45) is 0 Å². The average molecular weight is 505 g/mol. The zero-order valence-electron chi connectivity index (χ0n) is 15.4. The van der Waals surface area contributed by atoms with E-state index in [9.17, 15) is 57.9 Å². The number of hydrogen-bond donors (Lipinski definition) is 1. The van der Waals surface area contributed by atoms with Crippen LogP contribution in [0.2, 0.25) is 0 Å². The van der Waals surface area contributed by atoms with Gasteiger partial charge in [0.25, 0.3) is 5.91 Å². The Bertz CT molecular complexity index is 958. The molecule has 0 radical (unpaired) electrons. The molecular formula is C16H10F11NO3S. The van der Waals surface area contributed by atoms with Gasteiger partial charge in [-0.2, -0.15) is 43.9 Å². The first kappa shape index (κ1) is 24.5. The molecule has 1 aromatic rings. The molecule has 1 amide bonds. The molecule has 180 valence electrons. The highest BCUT2D eigenvalue weighted by Crippen LogP contribution is 2.69. The largest absolute Gasteiger partial charge is 0.465 e. The van der Waals surface area contributed by atoms with E-state index in [1.54, 1.807) is 0 Å². The Morgan fingerprint density at radius 1 is 0.812 bits per heavy atom. The first-order valence-corrected chi connectivity index (χ1v) is 9.28. The van der Waals surface area contributed by atoms with E-state index in [1.807, 2.05) is 0 Å². The van der Waals surface area contributed by atoms with Crippen molar-refractivity contribution >= 4 is 28.2 Å². The Hall–Kier alpha value is -2.13. The van der Waals surface area contributed by atoms with Gasteiger partial charge in [-0.05, 0) is 24.8 Å². The van der Waals surface area contributed by atoms with E-state index in [0.29, 0.717) is 17.8 Å². The highest BCUT2D eigenvalue weighted by molar-refractivity contribution is 7.17. The Morgan fingerprint density at radius 2 is 1.28 bits per heavy atom. The molecule has 2 aliphatic carbocycles. The van der Waals surface area contributed by atoms with E-state index < -0.39 is 57.7 Å². The normalized spacial score (nSPS) is 25.6. The molecule has 0 unspecified atom stereocenters. The summed E-state index contributed by atoms with van der Waals surface area (Å²) in [5, 5.41) is 0.0804. The van der Waals surface area contributed by atoms with Crippen molar-refractivity contribution in [2.45, 2.75) is 54.5 Å². The minimum atomic E-state index is -7.43. The number of amides is 1. The molecule has 4 nitrogen and oxygen atoms in total. The van der Waals surface area contributed by atoms with Gasteiger partial charge < -0.3 is 10.1 Å². The number of hydrogen-bond acceptors (Lipinski definition) is 4. The molecule has 1 aromatic heterocycles. The number of alkyl halides is 11. The third kappa shape index (κ3) is 2.49. The molecule has 0 aliphatic heterocycles. The number of rotatable bonds is 3. The Balaban J connectivity index is 2.17. The Morgan fingerprint density at radius 3 is 1.75 bits per heavy atom. The topological polar surface area (TPSA) is 55.4 Å². The highest BCUT2D eigenvalue weighted by atomic mass is 32.1. The van der Waals surface area contributed by atoms with Crippen LogP contribution >= 0.6 is 11.3 Å². The van der Waals surface area contributed by atoms with Crippen molar-refractivity contribution < 1.29 is 62.6 Å². The molecule has 1 N–H and O–H groups in total. The lowest BCUT2D eigenvalue weighted by molar-refractivity contribution is -0.475. The van der Waals surface area contributed by atoms with E-state index >= 15 is 0 Å². The van der Waals surface area contributed by atoms with Gasteiger partial charge in [-0.25, -0.2) is 9.18 Å². The van der Waals surface area contributed by atoms with Gasteiger partial charge in [-0.1, -0.05) is 0 Å². The number of ether oxygens (including phenoxy) is 1. The first-order chi connectivity index (χ1) is 14.3. The van der Waals surface area contributed by atoms with Crippen LogP contribution in [-0.4, -0.2) is 54.3 Å². The van der Waals surface area contributed by atoms with E-state index in [1.165, 1.54) is 0 Å². The van der Waals surface area contributed by atoms with Gasteiger partial charge in [0.1, 0.15) is 5.00 Å². The number of methoxy groups -OCH3 is 1. The van der Waals surface area contributed by atoms with Gasteiger partial charge in [-0.3, -0.25) is 4.79 Å². The smallest absolute Gasteiger partial charge is 0.384 e. The van der Waals surface area contributed by atoms with Gasteiger partial charge in [0, 0.05) is 4.88 Å². The Kier molecular flexibility index (Phi) is 5.13. The van der Waals surface area contributed by atoms with Crippen molar-refractivity contribution in [3.63, 3.8) is 0 Å².